The molecule has 0 aliphatic carbocycles. The lowest BCUT2D eigenvalue weighted by atomic mass is 10.2. The Kier molecular flexibility index (Phi) is 2.65. The smallest absolute Gasteiger partial charge is 0.240 e. The van der Waals surface area contributed by atoms with Crippen LogP contribution in [0.5, 0.6) is 0 Å². The van der Waals surface area contributed by atoms with Crippen molar-refractivity contribution in [1.82, 2.24) is 0 Å². The van der Waals surface area contributed by atoms with E-state index in [0.717, 1.165) is 12.1 Å². The van der Waals surface area contributed by atoms with Crippen LogP contribution in [0, 0.1) is 5.82 Å². The van der Waals surface area contributed by atoms with Crippen LogP contribution in [0.25, 0.3) is 0 Å². The van der Waals surface area contributed by atoms with Crippen molar-refractivity contribution in [3.8, 4) is 0 Å². The van der Waals surface area contributed by atoms with Crippen LogP contribution in [0.4, 0.5) is 4.39 Å². The van der Waals surface area contributed by atoms with Crippen molar-refractivity contribution in [3.63, 3.8) is 0 Å². The van der Waals surface area contributed by atoms with Crippen LogP contribution in [0.3, 0.4) is 0 Å². The molecule has 0 amide bonds. The van der Waals surface area contributed by atoms with Crippen LogP contribution < -0.4 is 5.14 Å². The Morgan fingerprint density at radius 3 is 2.46 bits per heavy atom. The van der Waals surface area contributed by atoms with Crippen LogP contribution in [0.15, 0.2) is 23.1 Å². The molecule has 0 unspecified atom stereocenters. The molecule has 0 saturated carbocycles. The number of sulfonamides is 1. The first-order valence-electron chi connectivity index (χ1n) is 3.37. The summed E-state index contributed by atoms with van der Waals surface area (Å²) in [4.78, 5) is -0.565. The molecular formula is C7H8FNO3S. The number of aliphatic hydroxyl groups is 1. The van der Waals surface area contributed by atoms with Crippen LogP contribution in [0.2, 0.25) is 0 Å². The minimum Gasteiger partial charge on any atom is -0.392 e. The highest BCUT2D eigenvalue weighted by molar-refractivity contribution is 7.89. The van der Waals surface area contributed by atoms with Gasteiger partial charge >= 0.3 is 0 Å². The Morgan fingerprint density at radius 2 is 2.08 bits per heavy atom. The van der Waals surface area contributed by atoms with E-state index < -0.39 is 20.7 Å². The maximum absolute atomic E-state index is 13.0. The molecule has 0 heterocycles. The van der Waals surface area contributed by atoms with Crippen LogP contribution in [-0.4, -0.2) is 13.5 Å². The van der Waals surface area contributed by atoms with E-state index in [1.807, 2.05) is 0 Å². The van der Waals surface area contributed by atoms with Gasteiger partial charge in [-0.05, 0) is 17.7 Å². The zero-order chi connectivity index (χ0) is 10.1. The Hall–Kier alpha value is -0.980. The number of primary sulfonamides is 1. The highest BCUT2D eigenvalue weighted by atomic mass is 32.2. The second kappa shape index (κ2) is 3.41. The molecule has 0 bridgehead atoms. The number of rotatable bonds is 2. The van der Waals surface area contributed by atoms with Crippen molar-refractivity contribution in [2.45, 2.75) is 11.5 Å². The fourth-order valence-electron chi connectivity index (χ4n) is 0.873. The van der Waals surface area contributed by atoms with Crippen molar-refractivity contribution >= 4 is 10.0 Å². The Morgan fingerprint density at radius 1 is 1.46 bits per heavy atom. The standard InChI is InChI=1S/C7H8FNO3S/c8-6-3-5(4-10)1-2-7(6)13(9,11)12/h1-3,10H,4H2,(H2,9,11,12). The average molecular weight is 205 g/mol. The van der Waals surface area contributed by atoms with E-state index in [-0.39, 0.29) is 6.61 Å². The molecule has 13 heavy (non-hydrogen) atoms. The topological polar surface area (TPSA) is 80.4 Å². The molecular weight excluding hydrogens is 197 g/mol. The summed E-state index contributed by atoms with van der Waals surface area (Å²) in [6, 6.07) is 3.25. The van der Waals surface area contributed by atoms with Gasteiger partial charge in [0.25, 0.3) is 0 Å². The fraction of sp³-hybridized carbons (Fsp3) is 0.143. The molecule has 0 aliphatic heterocycles. The maximum atomic E-state index is 13.0. The molecule has 1 rings (SSSR count). The zero-order valence-corrected chi connectivity index (χ0v) is 7.38. The largest absolute Gasteiger partial charge is 0.392 e. The normalized spacial score (nSPS) is 11.6. The fourth-order valence-corrected chi connectivity index (χ4v) is 1.46. The predicted molar refractivity (Wildman–Crippen MR) is 43.7 cm³/mol. The summed E-state index contributed by atoms with van der Waals surface area (Å²) in [6.45, 7) is -0.345. The second-order valence-electron chi connectivity index (χ2n) is 2.47. The molecule has 0 fully saturated rings. The highest BCUT2D eigenvalue weighted by Crippen LogP contribution is 2.14. The predicted octanol–water partition coefficient (Wildman–Crippen LogP) is -0.0346. The molecule has 1 aromatic carbocycles. The number of benzene rings is 1. The molecule has 4 nitrogen and oxygen atoms in total. The molecule has 0 spiro atoms. The lowest BCUT2D eigenvalue weighted by Gasteiger charge is -2.01. The van der Waals surface area contributed by atoms with E-state index in [2.05, 4.69) is 0 Å². The summed E-state index contributed by atoms with van der Waals surface area (Å²) < 4.78 is 34.4. The van der Waals surface area contributed by atoms with Gasteiger partial charge in [0.2, 0.25) is 10.0 Å². The van der Waals surface area contributed by atoms with Crippen molar-refractivity contribution in [3.05, 3.63) is 29.6 Å². The number of hydrogen-bond donors (Lipinski definition) is 2. The highest BCUT2D eigenvalue weighted by Gasteiger charge is 2.13. The van der Waals surface area contributed by atoms with E-state index >= 15 is 0 Å². The summed E-state index contributed by atoms with van der Waals surface area (Å²) in [5.41, 5.74) is 0.296. The SMILES string of the molecule is NS(=O)(=O)c1ccc(CO)cc1F. The summed E-state index contributed by atoms with van der Waals surface area (Å²) >= 11 is 0. The first-order valence-corrected chi connectivity index (χ1v) is 4.92. The van der Waals surface area contributed by atoms with Crippen molar-refractivity contribution < 1.29 is 17.9 Å². The van der Waals surface area contributed by atoms with Gasteiger partial charge in [0, 0.05) is 0 Å². The maximum Gasteiger partial charge on any atom is 0.240 e. The van der Waals surface area contributed by atoms with Gasteiger partial charge in [0.1, 0.15) is 10.7 Å². The Bertz CT molecular complexity index is 416. The lowest BCUT2D eigenvalue weighted by Crippen LogP contribution is -2.14. The van der Waals surface area contributed by atoms with E-state index in [1.54, 1.807) is 0 Å². The van der Waals surface area contributed by atoms with E-state index in [0.29, 0.717) is 5.56 Å². The third-order valence-corrected chi connectivity index (χ3v) is 2.43. The van der Waals surface area contributed by atoms with Gasteiger partial charge in [0.15, 0.2) is 0 Å². The first kappa shape index (κ1) is 10.1. The van der Waals surface area contributed by atoms with Crippen molar-refractivity contribution in [2.24, 2.45) is 5.14 Å². The number of nitrogens with two attached hydrogens (primary N) is 1. The summed E-state index contributed by atoms with van der Waals surface area (Å²) in [5, 5.41) is 13.3. The molecule has 0 saturated heterocycles. The van der Waals surface area contributed by atoms with Crippen molar-refractivity contribution in [1.29, 1.82) is 0 Å². The van der Waals surface area contributed by atoms with E-state index in [4.69, 9.17) is 10.2 Å². The summed E-state index contributed by atoms with van der Waals surface area (Å²) in [6.07, 6.45) is 0. The third kappa shape index (κ3) is 2.24. The Labute approximate surface area is 74.9 Å². The van der Waals surface area contributed by atoms with Gasteiger partial charge in [0.05, 0.1) is 6.61 Å². The molecule has 3 N–H and O–H groups in total. The monoisotopic (exact) mass is 205 g/mol. The average Bonchev–Trinajstić information content (AvgIpc) is 2.01. The molecule has 0 atom stereocenters. The van der Waals surface area contributed by atoms with Gasteiger partial charge in [-0.25, -0.2) is 17.9 Å². The van der Waals surface area contributed by atoms with Gasteiger partial charge in [-0.15, -0.1) is 0 Å². The first-order chi connectivity index (χ1) is 5.95. The quantitative estimate of drug-likeness (QED) is 0.711. The minimum absolute atomic E-state index is 0.296. The van der Waals surface area contributed by atoms with Gasteiger partial charge in [-0.3, -0.25) is 0 Å². The van der Waals surface area contributed by atoms with E-state index in [1.165, 1.54) is 6.07 Å². The second-order valence-corrected chi connectivity index (χ2v) is 4.00. The third-order valence-electron chi connectivity index (χ3n) is 1.49. The summed E-state index contributed by atoms with van der Waals surface area (Å²) in [7, 11) is -4.02. The van der Waals surface area contributed by atoms with Crippen LogP contribution >= 0.6 is 0 Å². The molecule has 0 aromatic heterocycles. The lowest BCUT2D eigenvalue weighted by molar-refractivity contribution is 0.281. The summed E-state index contributed by atoms with van der Waals surface area (Å²) in [5.74, 6) is -0.950. The molecule has 72 valence electrons. The van der Waals surface area contributed by atoms with Crippen LogP contribution in [-0.2, 0) is 16.6 Å². The molecule has 1 aromatic rings. The van der Waals surface area contributed by atoms with Crippen LogP contribution in [0.1, 0.15) is 5.56 Å². The van der Waals surface area contributed by atoms with E-state index in [9.17, 15) is 12.8 Å². The number of hydrogen-bond acceptors (Lipinski definition) is 3. The Balaban J connectivity index is 3.29. The minimum atomic E-state index is -4.02. The molecule has 6 heteroatoms. The zero-order valence-electron chi connectivity index (χ0n) is 6.57. The van der Waals surface area contributed by atoms with Gasteiger partial charge in [-0.2, -0.15) is 0 Å². The molecule has 0 radical (unpaired) electrons. The molecule has 0 aliphatic rings. The van der Waals surface area contributed by atoms with Crippen molar-refractivity contribution in [2.75, 3.05) is 0 Å². The number of halogens is 1. The van der Waals surface area contributed by atoms with Gasteiger partial charge in [-0.1, -0.05) is 6.07 Å². The number of aliphatic hydroxyl groups excluding tert-OH is 1. The van der Waals surface area contributed by atoms with Gasteiger partial charge < -0.3 is 5.11 Å².